The summed E-state index contributed by atoms with van der Waals surface area (Å²) >= 11 is 0. The van der Waals surface area contributed by atoms with Gasteiger partial charge in [0.15, 0.2) is 11.5 Å². The Bertz CT molecular complexity index is 926. The topological polar surface area (TPSA) is 59.6 Å². The van der Waals surface area contributed by atoms with Gasteiger partial charge >= 0.3 is 0 Å². The molecule has 1 aliphatic rings. The molecule has 1 amide bonds. The van der Waals surface area contributed by atoms with E-state index in [9.17, 15) is 4.79 Å². The van der Waals surface area contributed by atoms with Crippen molar-refractivity contribution in [2.24, 2.45) is 0 Å². The van der Waals surface area contributed by atoms with E-state index in [-0.39, 0.29) is 5.91 Å². The molecule has 1 aliphatic heterocycles. The minimum absolute atomic E-state index is 0.204. The van der Waals surface area contributed by atoms with E-state index in [1.54, 1.807) is 18.2 Å². The van der Waals surface area contributed by atoms with Gasteiger partial charge in [-0.25, -0.2) is 0 Å². The highest BCUT2D eigenvalue weighted by Crippen LogP contribution is 2.31. The van der Waals surface area contributed by atoms with Gasteiger partial charge in [-0.05, 0) is 42.5 Å². The summed E-state index contributed by atoms with van der Waals surface area (Å²) in [5.41, 5.74) is 3.00. The summed E-state index contributed by atoms with van der Waals surface area (Å²) in [5.74, 6) is 1.06. The molecular weight excluding hydrogens is 328 g/mol. The fourth-order valence-electron chi connectivity index (χ4n) is 2.76. The summed E-state index contributed by atoms with van der Waals surface area (Å²) in [5, 5.41) is 6.28. The second kappa shape index (κ2) is 7.19. The van der Waals surface area contributed by atoms with Crippen molar-refractivity contribution < 1.29 is 14.3 Å². The molecule has 2 N–H and O–H groups in total. The van der Waals surface area contributed by atoms with Crippen LogP contribution in [0.25, 0.3) is 0 Å². The number of hydrogen-bond donors (Lipinski definition) is 2. The SMILES string of the molecule is O=C(Nc1ccccc1Nc1ccccc1)c1ccc2c(c1)OCCO2. The number of carbonyl (C=O) groups is 1. The van der Waals surface area contributed by atoms with Gasteiger partial charge in [0.1, 0.15) is 13.2 Å². The molecule has 0 saturated carbocycles. The van der Waals surface area contributed by atoms with Crippen LogP contribution in [-0.2, 0) is 0 Å². The van der Waals surface area contributed by atoms with E-state index in [0.717, 1.165) is 11.4 Å². The van der Waals surface area contributed by atoms with E-state index >= 15 is 0 Å². The summed E-state index contributed by atoms with van der Waals surface area (Å²) in [6, 6.07) is 22.6. The van der Waals surface area contributed by atoms with Crippen molar-refractivity contribution >= 4 is 23.0 Å². The molecular formula is C21H18N2O3. The molecule has 0 fully saturated rings. The van der Waals surface area contributed by atoms with E-state index < -0.39 is 0 Å². The molecule has 0 aliphatic carbocycles. The van der Waals surface area contributed by atoms with E-state index in [0.29, 0.717) is 36.0 Å². The molecule has 5 nitrogen and oxygen atoms in total. The normalized spacial score (nSPS) is 12.3. The lowest BCUT2D eigenvalue weighted by Gasteiger charge is -2.19. The highest BCUT2D eigenvalue weighted by molar-refractivity contribution is 6.06. The lowest BCUT2D eigenvalue weighted by molar-refractivity contribution is 0.102. The molecule has 0 spiro atoms. The fraction of sp³-hybridized carbons (Fsp3) is 0.0952. The molecule has 0 saturated heterocycles. The molecule has 5 heteroatoms. The average molecular weight is 346 g/mol. The number of anilines is 3. The Labute approximate surface area is 151 Å². The first-order chi connectivity index (χ1) is 12.8. The molecule has 0 bridgehead atoms. The van der Waals surface area contributed by atoms with Gasteiger partial charge in [0, 0.05) is 11.3 Å². The van der Waals surface area contributed by atoms with Gasteiger partial charge in [0.25, 0.3) is 5.91 Å². The lowest BCUT2D eigenvalue weighted by Crippen LogP contribution is -2.17. The minimum atomic E-state index is -0.204. The summed E-state index contributed by atoms with van der Waals surface area (Å²) in [6.07, 6.45) is 0. The molecule has 0 radical (unpaired) electrons. The van der Waals surface area contributed by atoms with Gasteiger partial charge in [-0.1, -0.05) is 30.3 Å². The number of ether oxygens (including phenoxy) is 2. The molecule has 0 unspecified atom stereocenters. The van der Waals surface area contributed by atoms with Crippen LogP contribution in [0.5, 0.6) is 11.5 Å². The van der Waals surface area contributed by atoms with Gasteiger partial charge < -0.3 is 20.1 Å². The Kier molecular flexibility index (Phi) is 4.43. The number of nitrogens with one attached hydrogen (secondary N) is 2. The van der Waals surface area contributed by atoms with Crippen LogP contribution >= 0.6 is 0 Å². The van der Waals surface area contributed by atoms with Gasteiger partial charge in [-0.3, -0.25) is 4.79 Å². The van der Waals surface area contributed by atoms with Crippen LogP contribution in [0.15, 0.2) is 72.8 Å². The van der Waals surface area contributed by atoms with E-state index in [1.807, 2.05) is 54.6 Å². The zero-order chi connectivity index (χ0) is 17.8. The van der Waals surface area contributed by atoms with Crippen LogP contribution in [-0.4, -0.2) is 19.1 Å². The fourth-order valence-corrected chi connectivity index (χ4v) is 2.76. The Morgan fingerprint density at radius 2 is 1.46 bits per heavy atom. The summed E-state index contributed by atoms with van der Waals surface area (Å²) in [4.78, 5) is 12.7. The first-order valence-electron chi connectivity index (χ1n) is 8.42. The van der Waals surface area contributed by atoms with Crippen molar-refractivity contribution in [3.8, 4) is 11.5 Å². The summed E-state index contributed by atoms with van der Waals surface area (Å²) in [7, 11) is 0. The van der Waals surface area contributed by atoms with Gasteiger partial charge in [-0.2, -0.15) is 0 Å². The molecule has 0 atom stereocenters. The maximum absolute atomic E-state index is 12.7. The third-order valence-corrected chi connectivity index (χ3v) is 4.03. The number of fused-ring (bicyclic) bond motifs is 1. The third-order valence-electron chi connectivity index (χ3n) is 4.03. The number of rotatable bonds is 4. The zero-order valence-corrected chi connectivity index (χ0v) is 14.1. The highest BCUT2D eigenvalue weighted by Gasteiger charge is 2.15. The van der Waals surface area contributed by atoms with Crippen molar-refractivity contribution in [2.45, 2.75) is 0 Å². The number of hydrogen-bond acceptors (Lipinski definition) is 4. The van der Waals surface area contributed by atoms with Crippen LogP contribution < -0.4 is 20.1 Å². The van der Waals surface area contributed by atoms with Crippen molar-refractivity contribution in [1.29, 1.82) is 0 Å². The zero-order valence-electron chi connectivity index (χ0n) is 14.1. The molecule has 0 aromatic heterocycles. The molecule has 3 aromatic rings. The van der Waals surface area contributed by atoms with Crippen LogP contribution in [0.2, 0.25) is 0 Å². The predicted octanol–water partition coefficient (Wildman–Crippen LogP) is 4.45. The third kappa shape index (κ3) is 3.47. The molecule has 4 rings (SSSR count). The standard InChI is InChI=1S/C21H18N2O3/c24-21(15-10-11-19-20(14-15)26-13-12-25-19)23-18-9-5-4-8-17(18)22-16-6-2-1-3-7-16/h1-11,14,22H,12-13H2,(H,23,24). The van der Waals surface area contributed by atoms with Gasteiger partial charge in [0.2, 0.25) is 0 Å². The number of amides is 1. The maximum atomic E-state index is 12.7. The minimum Gasteiger partial charge on any atom is -0.486 e. The maximum Gasteiger partial charge on any atom is 0.255 e. The van der Waals surface area contributed by atoms with E-state index in [1.165, 1.54) is 0 Å². The van der Waals surface area contributed by atoms with Crippen LogP contribution in [0, 0.1) is 0 Å². The number of para-hydroxylation sites is 3. The second-order valence-corrected chi connectivity index (χ2v) is 5.85. The molecule has 130 valence electrons. The molecule has 3 aromatic carbocycles. The Morgan fingerprint density at radius 1 is 0.769 bits per heavy atom. The highest BCUT2D eigenvalue weighted by atomic mass is 16.6. The van der Waals surface area contributed by atoms with Crippen molar-refractivity contribution in [3.05, 3.63) is 78.4 Å². The van der Waals surface area contributed by atoms with Crippen LogP contribution in [0.1, 0.15) is 10.4 Å². The van der Waals surface area contributed by atoms with Gasteiger partial charge in [0.05, 0.1) is 11.4 Å². The van der Waals surface area contributed by atoms with Crippen LogP contribution in [0.4, 0.5) is 17.1 Å². The second-order valence-electron chi connectivity index (χ2n) is 5.85. The van der Waals surface area contributed by atoms with Crippen molar-refractivity contribution in [2.75, 3.05) is 23.8 Å². The Balaban J connectivity index is 1.55. The van der Waals surface area contributed by atoms with Crippen molar-refractivity contribution in [1.82, 2.24) is 0 Å². The number of benzene rings is 3. The summed E-state index contributed by atoms with van der Waals surface area (Å²) in [6.45, 7) is 1.01. The number of carbonyl (C=O) groups excluding carboxylic acids is 1. The monoisotopic (exact) mass is 346 g/mol. The predicted molar refractivity (Wildman–Crippen MR) is 102 cm³/mol. The largest absolute Gasteiger partial charge is 0.486 e. The van der Waals surface area contributed by atoms with Gasteiger partial charge in [-0.15, -0.1) is 0 Å². The van der Waals surface area contributed by atoms with E-state index in [4.69, 9.17) is 9.47 Å². The Morgan fingerprint density at radius 3 is 2.27 bits per heavy atom. The quantitative estimate of drug-likeness (QED) is 0.732. The first kappa shape index (κ1) is 16.0. The lowest BCUT2D eigenvalue weighted by atomic mass is 10.1. The smallest absolute Gasteiger partial charge is 0.255 e. The summed E-state index contributed by atoms with van der Waals surface area (Å²) < 4.78 is 11.0. The Hall–Kier alpha value is -3.47. The molecule has 26 heavy (non-hydrogen) atoms. The average Bonchev–Trinajstić information content (AvgIpc) is 2.70. The molecule has 1 heterocycles. The van der Waals surface area contributed by atoms with E-state index in [2.05, 4.69) is 10.6 Å². The van der Waals surface area contributed by atoms with Crippen molar-refractivity contribution in [3.63, 3.8) is 0 Å². The van der Waals surface area contributed by atoms with Crippen LogP contribution in [0.3, 0.4) is 0 Å². The first-order valence-corrected chi connectivity index (χ1v) is 8.42.